The first-order chi connectivity index (χ1) is 25.4. The minimum absolute atomic E-state index is 0. The zero-order valence-corrected chi connectivity index (χ0v) is 31.4. The van der Waals surface area contributed by atoms with Crippen molar-refractivity contribution in [2.45, 2.75) is 26.2 Å². The minimum atomic E-state index is -0.0159. The normalized spacial score (nSPS) is 12.9. The van der Waals surface area contributed by atoms with Crippen LogP contribution in [0.5, 0.6) is 11.5 Å². The van der Waals surface area contributed by atoms with Crippen LogP contribution in [0.3, 0.4) is 0 Å². The van der Waals surface area contributed by atoms with Crippen LogP contribution in [0.15, 0.2) is 138 Å². The van der Waals surface area contributed by atoms with E-state index in [0.29, 0.717) is 11.5 Å². The van der Waals surface area contributed by atoms with E-state index in [1.807, 2.05) is 73.7 Å². The molecular formula is C45H32N5O2Pt-3. The smallest absolute Gasteiger partial charge is 0.135 e. The second-order valence-electron chi connectivity index (χ2n) is 14.1. The molecule has 10 rings (SSSR count). The molecule has 8 heteroatoms. The maximum atomic E-state index is 6.51. The van der Waals surface area contributed by atoms with Crippen molar-refractivity contribution in [2.75, 3.05) is 9.80 Å². The van der Waals surface area contributed by atoms with Gasteiger partial charge in [-0.2, -0.15) is 12.1 Å². The Bertz CT molecular complexity index is 2830. The molecule has 0 bridgehead atoms. The van der Waals surface area contributed by atoms with Gasteiger partial charge in [-0.05, 0) is 71.0 Å². The monoisotopic (exact) mass is 869 g/mol. The number of ether oxygens (including phenoxy) is 1. The molecule has 7 nitrogen and oxygen atoms in total. The molecule has 0 amide bonds. The first-order valence-electron chi connectivity index (χ1n) is 17.3. The van der Waals surface area contributed by atoms with Gasteiger partial charge in [0.1, 0.15) is 22.8 Å². The van der Waals surface area contributed by atoms with Gasteiger partial charge in [0, 0.05) is 66.9 Å². The molecule has 0 saturated heterocycles. The zero-order valence-electron chi connectivity index (χ0n) is 29.1. The van der Waals surface area contributed by atoms with Gasteiger partial charge in [-0.25, -0.2) is 9.97 Å². The van der Waals surface area contributed by atoms with E-state index >= 15 is 0 Å². The van der Waals surface area contributed by atoms with E-state index in [0.717, 1.165) is 72.4 Å². The second-order valence-corrected chi connectivity index (χ2v) is 14.1. The number of para-hydroxylation sites is 2. The third-order valence-corrected chi connectivity index (χ3v) is 9.75. The largest absolute Gasteiger partial charge is 0.509 e. The number of rotatable bonds is 5. The van der Waals surface area contributed by atoms with Gasteiger partial charge in [0.25, 0.3) is 0 Å². The van der Waals surface area contributed by atoms with Gasteiger partial charge in [-0.1, -0.05) is 62.7 Å². The van der Waals surface area contributed by atoms with E-state index in [1.54, 1.807) is 0 Å². The Morgan fingerprint density at radius 2 is 1.47 bits per heavy atom. The molecule has 4 aromatic heterocycles. The molecule has 5 heterocycles. The molecule has 5 aromatic carbocycles. The van der Waals surface area contributed by atoms with Crippen molar-refractivity contribution in [3.8, 4) is 17.3 Å². The van der Waals surface area contributed by atoms with Gasteiger partial charge >= 0.3 is 0 Å². The van der Waals surface area contributed by atoms with Crippen molar-refractivity contribution < 1.29 is 30.2 Å². The van der Waals surface area contributed by atoms with Crippen molar-refractivity contribution in [1.82, 2.24) is 14.5 Å². The Morgan fingerprint density at radius 3 is 2.36 bits per heavy atom. The molecule has 0 atom stereocenters. The predicted octanol–water partition coefficient (Wildman–Crippen LogP) is 11.6. The number of furan rings is 1. The number of fused-ring (bicyclic) bond motifs is 7. The summed E-state index contributed by atoms with van der Waals surface area (Å²) < 4.78 is 14.8. The fraction of sp³-hybridized carbons (Fsp3) is 0.0889. The molecular weight excluding hydrogens is 838 g/mol. The van der Waals surface area contributed by atoms with Gasteiger partial charge in [-0.3, -0.25) is 0 Å². The number of benzene rings is 5. The van der Waals surface area contributed by atoms with Crippen LogP contribution in [0.1, 0.15) is 26.3 Å². The van der Waals surface area contributed by atoms with Crippen molar-refractivity contribution >= 4 is 66.6 Å². The maximum absolute atomic E-state index is 6.51. The summed E-state index contributed by atoms with van der Waals surface area (Å²) in [4.78, 5) is 13.8. The fourth-order valence-electron chi connectivity index (χ4n) is 7.17. The van der Waals surface area contributed by atoms with Crippen LogP contribution in [-0.4, -0.2) is 14.5 Å². The molecule has 0 unspecified atom stereocenters. The molecule has 53 heavy (non-hydrogen) atoms. The van der Waals surface area contributed by atoms with Crippen LogP contribution in [0.2, 0.25) is 0 Å². The van der Waals surface area contributed by atoms with Gasteiger partial charge in [0.15, 0.2) is 0 Å². The molecule has 0 fully saturated rings. The minimum Gasteiger partial charge on any atom is -0.509 e. The molecule has 0 saturated carbocycles. The van der Waals surface area contributed by atoms with E-state index in [2.05, 4.69) is 114 Å². The molecule has 0 N–H and O–H groups in total. The van der Waals surface area contributed by atoms with E-state index in [4.69, 9.17) is 19.1 Å². The van der Waals surface area contributed by atoms with Crippen LogP contribution in [0, 0.1) is 18.8 Å². The third kappa shape index (κ3) is 5.55. The Kier molecular flexibility index (Phi) is 7.86. The predicted molar refractivity (Wildman–Crippen MR) is 208 cm³/mol. The summed E-state index contributed by atoms with van der Waals surface area (Å²) in [6.45, 7) is 8.70. The average molecular weight is 870 g/mol. The van der Waals surface area contributed by atoms with Gasteiger partial charge in [0.05, 0.1) is 5.69 Å². The van der Waals surface area contributed by atoms with Crippen LogP contribution in [0.25, 0.3) is 49.6 Å². The number of nitrogens with zero attached hydrogens (tertiary/aromatic N) is 5. The average Bonchev–Trinajstić information content (AvgIpc) is 3.84. The van der Waals surface area contributed by atoms with Crippen LogP contribution in [-0.2, 0) is 26.5 Å². The maximum Gasteiger partial charge on any atom is 0.135 e. The van der Waals surface area contributed by atoms with E-state index in [-0.39, 0.29) is 26.5 Å². The van der Waals surface area contributed by atoms with E-state index < -0.39 is 0 Å². The standard InChI is InChI=1S/C45H32N5O2.Pt/c1-45(2,3)29-21-23-46-43(24-29)50-38-14-6-4-12-34(38)35-19-18-33(27-40(35)50)51-32-11-8-10-30(25-32)48-28-49(44-39(48)15-9-22-47-44)31-17-20-42-37(26-31)36-13-5-7-16-41(36)52-42;/h4-24,26,28H,1-3H3;/q-3;. The summed E-state index contributed by atoms with van der Waals surface area (Å²) in [5.74, 6) is 2.84. The molecule has 9 aromatic rings. The molecule has 262 valence electrons. The Labute approximate surface area is 321 Å². The van der Waals surface area contributed by atoms with Crippen molar-refractivity contribution in [3.05, 3.63) is 158 Å². The quantitative estimate of drug-likeness (QED) is 0.161. The second kappa shape index (κ2) is 12.6. The number of pyridine rings is 2. The molecule has 0 spiro atoms. The number of aromatic nitrogens is 3. The van der Waals surface area contributed by atoms with Crippen molar-refractivity contribution in [2.24, 2.45) is 0 Å². The molecule has 0 aliphatic carbocycles. The van der Waals surface area contributed by atoms with Crippen molar-refractivity contribution in [3.63, 3.8) is 0 Å². The third-order valence-electron chi connectivity index (χ3n) is 9.75. The van der Waals surface area contributed by atoms with Gasteiger partial charge < -0.3 is 23.5 Å². The Hall–Kier alpha value is -5.91. The summed E-state index contributed by atoms with van der Waals surface area (Å²) in [7, 11) is 0. The van der Waals surface area contributed by atoms with Gasteiger partial charge in [-0.15, -0.1) is 48.1 Å². The number of hydrogen-bond donors (Lipinski definition) is 0. The van der Waals surface area contributed by atoms with Crippen LogP contribution in [0.4, 0.5) is 22.9 Å². The summed E-state index contributed by atoms with van der Waals surface area (Å²) in [6.07, 6.45) is 3.71. The van der Waals surface area contributed by atoms with Gasteiger partial charge in [0.2, 0.25) is 0 Å². The zero-order chi connectivity index (χ0) is 35.0. The van der Waals surface area contributed by atoms with E-state index in [9.17, 15) is 0 Å². The first-order valence-corrected chi connectivity index (χ1v) is 17.3. The topological polar surface area (TPSA) is 59.6 Å². The first kappa shape index (κ1) is 33.0. The number of anilines is 4. The number of hydrogen-bond acceptors (Lipinski definition) is 6. The van der Waals surface area contributed by atoms with Crippen molar-refractivity contribution in [1.29, 1.82) is 0 Å². The molecule has 0 radical (unpaired) electrons. The summed E-state index contributed by atoms with van der Waals surface area (Å²) in [6, 6.07) is 48.1. The summed E-state index contributed by atoms with van der Waals surface area (Å²) in [5, 5.41) is 4.36. The Morgan fingerprint density at radius 1 is 0.660 bits per heavy atom. The Balaban J connectivity index is 0.00000372. The molecule has 1 aliphatic heterocycles. The SMILES string of the molecule is CC(C)(C)c1ccnc(-n2c3[c-]c(Oc4[c-]c(N5[CH-]N(c6ccc7oc8ccccc8c7c6)c6ncccc65)ccc4)ccc3c3ccccc32)c1.[Pt]. The summed E-state index contributed by atoms with van der Waals surface area (Å²) >= 11 is 0. The fourth-order valence-corrected chi connectivity index (χ4v) is 7.17. The van der Waals surface area contributed by atoms with E-state index in [1.165, 1.54) is 5.56 Å². The molecule has 1 aliphatic rings. The van der Waals surface area contributed by atoms with Crippen LogP contribution < -0.4 is 14.5 Å². The summed E-state index contributed by atoms with van der Waals surface area (Å²) in [5.41, 5.74) is 7.64. The van der Waals surface area contributed by atoms with Crippen LogP contribution >= 0.6 is 0 Å².